The van der Waals surface area contributed by atoms with Crippen molar-refractivity contribution < 1.29 is 19.4 Å². The SMILES string of the molecule is Nc1c(CCCCC(=O)O)ccc(C(=O)OCc2ccccc2)c1N. The summed E-state index contributed by atoms with van der Waals surface area (Å²) >= 11 is 0. The molecular formula is C19H22N2O4. The maximum atomic E-state index is 12.2. The number of nitrogens with two attached hydrogens (primary N) is 2. The van der Waals surface area contributed by atoms with Gasteiger partial charge in [-0.1, -0.05) is 36.4 Å². The molecule has 0 aromatic heterocycles. The number of hydrogen-bond acceptors (Lipinski definition) is 5. The number of aryl methyl sites for hydroxylation is 1. The first kappa shape index (κ1) is 18.3. The lowest BCUT2D eigenvalue weighted by Gasteiger charge is -2.12. The number of carboxylic acid groups (broad SMARTS) is 1. The van der Waals surface area contributed by atoms with Gasteiger partial charge in [0.1, 0.15) is 6.61 Å². The fraction of sp³-hybridized carbons (Fsp3) is 0.263. The predicted octanol–water partition coefficient (Wildman–Crippen LogP) is 3.01. The highest BCUT2D eigenvalue weighted by Crippen LogP contribution is 2.27. The van der Waals surface area contributed by atoms with Gasteiger partial charge in [-0.15, -0.1) is 0 Å². The Labute approximate surface area is 146 Å². The first-order chi connectivity index (χ1) is 12.0. The summed E-state index contributed by atoms with van der Waals surface area (Å²) in [5, 5.41) is 8.64. The van der Waals surface area contributed by atoms with Gasteiger partial charge in [-0.2, -0.15) is 0 Å². The number of anilines is 2. The Bertz CT molecular complexity index is 745. The molecule has 0 spiro atoms. The fourth-order valence-corrected chi connectivity index (χ4v) is 2.47. The lowest BCUT2D eigenvalue weighted by molar-refractivity contribution is -0.137. The van der Waals surface area contributed by atoms with E-state index in [0.29, 0.717) is 24.9 Å². The van der Waals surface area contributed by atoms with Crippen LogP contribution in [0.15, 0.2) is 42.5 Å². The topological polar surface area (TPSA) is 116 Å². The van der Waals surface area contributed by atoms with Crippen molar-refractivity contribution >= 4 is 23.3 Å². The largest absolute Gasteiger partial charge is 0.481 e. The number of nitrogen functional groups attached to an aromatic ring is 2. The predicted molar refractivity (Wildman–Crippen MR) is 96.0 cm³/mol. The average molecular weight is 342 g/mol. The van der Waals surface area contributed by atoms with Crippen LogP contribution in [0.1, 0.15) is 40.7 Å². The van der Waals surface area contributed by atoms with Gasteiger partial charge in [-0.25, -0.2) is 4.79 Å². The van der Waals surface area contributed by atoms with Crippen LogP contribution < -0.4 is 11.5 Å². The molecule has 0 saturated heterocycles. The molecule has 0 saturated carbocycles. The van der Waals surface area contributed by atoms with Crippen LogP contribution in [0.25, 0.3) is 0 Å². The van der Waals surface area contributed by atoms with Gasteiger partial charge in [-0.05, 0) is 36.5 Å². The zero-order valence-electron chi connectivity index (χ0n) is 13.9. The molecule has 0 radical (unpaired) electrons. The Morgan fingerprint density at radius 1 is 0.960 bits per heavy atom. The number of carbonyl (C=O) groups is 2. The molecule has 2 aromatic carbocycles. The van der Waals surface area contributed by atoms with Crippen LogP contribution in [0.5, 0.6) is 0 Å². The van der Waals surface area contributed by atoms with Gasteiger partial charge in [0.15, 0.2) is 0 Å². The zero-order chi connectivity index (χ0) is 18.2. The summed E-state index contributed by atoms with van der Waals surface area (Å²) in [6.45, 7) is 0.163. The van der Waals surface area contributed by atoms with Gasteiger partial charge in [0, 0.05) is 6.42 Å². The molecule has 0 unspecified atom stereocenters. The van der Waals surface area contributed by atoms with E-state index in [4.69, 9.17) is 21.3 Å². The molecule has 132 valence electrons. The summed E-state index contributed by atoms with van der Waals surface area (Å²) in [4.78, 5) is 22.7. The fourth-order valence-electron chi connectivity index (χ4n) is 2.47. The number of ether oxygens (including phenoxy) is 1. The lowest BCUT2D eigenvalue weighted by atomic mass is 10.0. The van der Waals surface area contributed by atoms with Crippen LogP contribution >= 0.6 is 0 Å². The van der Waals surface area contributed by atoms with Crippen LogP contribution in [0.4, 0.5) is 11.4 Å². The van der Waals surface area contributed by atoms with E-state index in [0.717, 1.165) is 11.1 Å². The van der Waals surface area contributed by atoms with Crippen molar-refractivity contribution in [3.05, 3.63) is 59.2 Å². The van der Waals surface area contributed by atoms with Gasteiger partial charge in [0.05, 0.1) is 16.9 Å². The third-order valence-electron chi connectivity index (χ3n) is 3.90. The van der Waals surface area contributed by atoms with E-state index in [-0.39, 0.29) is 24.3 Å². The number of unbranched alkanes of at least 4 members (excludes halogenated alkanes) is 1. The number of rotatable bonds is 8. The highest BCUT2D eigenvalue weighted by atomic mass is 16.5. The van der Waals surface area contributed by atoms with Crippen molar-refractivity contribution in [1.29, 1.82) is 0 Å². The highest BCUT2D eigenvalue weighted by Gasteiger charge is 2.15. The van der Waals surface area contributed by atoms with E-state index in [1.54, 1.807) is 12.1 Å². The number of carbonyl (C=O) groups excluding carboxylic acids is 1. The van der Waals surface area contributed by atoms with Crippen molar-refractivity contribution in [1.82, 2.24) is 0 Å². The van der Waals surface area contributed by atoms with Crippen molar-refractivity contribution in [2.24, 2.45) is 0 Å². The Kier molecular flexibility index (Phi) is 6.39. The molecule has 0 aliphatic carbocycles. The van der Waals surface area contributed by atoms with Crippen LogP contribution in [-0.2, 0) is 22.6 Å². The molecule has 0 fully saturated rings. The third-order valence-corrected chi connectivity index (χ3v) is 3.90. The van der Waals surface area contributed by atoms with Gasteiger partial charge < -0.3 is 21.3 Å². The summed E-state index contributed by atoms with van der Waals surface area (Å²) < 4.78 is 5.27. The molecule has 2 aromatic rings. The van der Waals surface area contributed by atoms with Gasteiger partial charge in [-0.3, -0.25) is 4.79 Å². The molecule has 25 heavy (non-hydrogen) atoms. The minimum atomic E-state index is -0.816. The monoisotopic (exact) mass is 342 g/mol. The smallest absolute Gasteiger partial charge is 0.340 e. The standard InChI is InChI=1S/C19H22N2O4/c20-17-14(8-4-5-9-16(22)23)10-11-15(18(17)21)19(24)25-12-13-6-2-1-3-7-13/h1-3,6-7,10-11H,4-5,8-9,12,20-21H2,(H,22,23). The minimum absolute atomic E-state index is 0.124. The number of esters is 1. The molecule has 2 rings (SSSR count). The maximum absolute atomic E-state index is 12.2. The van der Waals surface area contributed by atoms with E-state index in [2.05, 4.69) is 0 Å². The van der Waals surface area contributed by atoms with Crippen molar-refractivity contribution in [3.8, 4) is 0 Å². The molecule has 6 nitrogen and oxygen atoms in total. The van der Waals surface area contributed by atoms with E-state index in [1.165, 1.54) is 0 Å². The Balaban J connectivity index is 1.98. The van der Waals surface area contributed by atoms with Crippen molar-refractivity contribution in [2.45, 2.75) is 32.3 Å². The molecule has 0 aliphatic rings. The molecule has 0 bridgehead atoms. The van der Waals surface area contributed by atoms with E-state index in [1.807, 2.05) is 30.3 Å². The van der Waals surface area contributed by atoms with Gasteiger partial charge in [0.2, 0.25) is 0 Å². The second-order valence-corrected chi connectivity index (χ2v) is 5.76. The Hall–Kier alpha value is -3.02. The summed E-state index contributed by atoms with van der Waals surface area (Å²) in [6.07, 6.45) is 1.99. The van der Waals surface area contributed by atoms with E-state index < -0.39 is 11.9 Å². The Morgan fingerprint density at radius 3 is 2.36 bits per heavy atom. The third kappa shape index (κ3) is 5.24. The number of carboxylic acids is 1. The first-order valence-corrected chi connectivity index (χ1v) is 8.08. The second kappa shape index (κ2) is 8.73. The molecule has 0 aliphatic heterocycles. The van der Waals surface area contributed by atoms with Gasteiger partial charge in [0.25, 0.3) is 0 Å². The lowest BCUT2D eigenvalue weighted by Crippen LogP contribution is -2.11. The molecule has 6 heteroatoms. The van der Waals surface area contributed by atoms with Crippen molar-refractivity contribution in [3.63, 3.8) is 0 Å². The summed E-state index contributed by atoms with van der Waals surface area (Å²) in [6, 6.07) is 12.7. The molecule has 5 N–H and O–H groups in total. The number of hydrogen-bond donors (Lipinski definition) is 3. The van der Waals surface area contributed by atoms with E-state index >= 15 is 0 Å². The van der Waals surface area contributed by atoms with Crippen LogP contribution in [0.2, 0.25) is 0 Å². The van der Waals surface area contributed by atoms with Crippen molar-refractivity contribution in [2.75, 3.05) is 11.5 Å². The normalized spacial score (nSPS) is 10.4. The number of aliphatic carboxylic acids is 1. The highest BCUT2D eigenvalue weighted by molar-refractivity contribution is 5.98. The maximum Gasteiger partial charge on any atom is 0.340 e. The summed E-state index contributed by atoms with van der Waals surface area (Å²) in [5.41, 5.74) is 14.5. The quantitative estimate of drug-likeness (QED) is 0.386. The minimum Gasteiger partial charge on any atom is -0.481 e. The zero-order valence-corrected chi connectivity index (χ0v) is 13.9. The van der Waals surface area contributed by atoms with Crippen LogP contribution in [0, 0.1) is 0 Å². The van der Waals surface area contributed by atoms with Crippen LogP contribution in [0.3, 0.4) is 0 Å². The molecular weight excluding hydrogens is 320 g/mol. The second-order valence-electron chi connectivity index (χ2n) is 5.76. The summed E-state index contributed by atoms with van der Waals surface area (Å²) in [7, 11) is 0. The summed E-state index contributed by atoms with van der Waals surface area (Å²) in [5.74, 6) is -1.34. The molecule has 0 amide bonds. The first-order valence-electron chi connectivity index (χ1n) is 8.08. The number of benzene rings is 2. The molecule has 0 atom stereocenters. The molecule has 0 heterocycles. The van der Waals surface area contributed by atoms with E-state index in [9.17, 15) is 9.59 Å². The average Bonchev–Trinajstić information content (AvgIpc) is 2.61. The van der Waals surface area contributed by atoms with Crippen LogP contribution in [-0.4, -0.2) is 17.0 Å². The Morgan fingerprint density at radius 2 is 1.68 bits per heavy atom. The van der Waals surface area contributed by atoms with Gasteiger partial charge >= 0.3 is 11.9 Å².